The summed E-state index contributed by atoms with van der Waals surface area (Å²) in [4.78, 5) is 13.6. The summed E-state index contributed by atoms with van der Waals surface area (Å²) < 4.78 is 0. The predicted octanol–water partition coefficient (Wildman–Crippen LogP) is 1.32. The number of nitrogens with zero attached hydrogens (tertiary/aromatic N) is 4. The molecule has 0 radical (unpaired) electrons. The third kappa shape index (κ3) is 3.90. The highest BCUT2D eigenvalue weighted by atomic mass is 16.3. The molecule has 112 valence electrons. The Bertz CT molecular complexity index is 387. The predicted molar refractivity (Wildman–Crippen MR) is 81.0 cm³/mol. The van der Waals surface area contributed by atoms with E-state index in [0.717, 1.165) is 51.4 Å². The van der Waals surface area contributed by atoms with Crippen molar-refractivity contribution in [3.05, 3.63) is 18.0 Å². The quantitative estimate of drug-likeness (QED) is 0.850. The average Bonchev–Trinajstić information content (AvgIpc) is 2.49. The molecule has 20 heavy (non-hydrogen) atoms. The zero-order chi connectivity index (χ0) is 14.4. The molecule has 0 bridgehead atoms. The molecule has 0 aromatic carbocycles. The number of hydrogen-bond donors (Lipinski definition) is 1. The number of aliphatic hydroxyl groups excluding tert-OH is 1. The van der Waals surface area contributed by atoms with Crippen LogP contribution < -0.4 is 4.90 Å². The summed E-state index contributed by atoms with van der Waals surface area (Å²) >= 11 is 0. The summed E-state index contributed by atoms with van der Waals surface area (Å²) in [5.74, 6) is 0.847. The standard InChI is InChI=1S/C15H26N4O/c1-3-4-14-11-16-15(17-12-14)19-8-6-18(7-9-19)13(2)5-10-20/h11-13,20H,3-10H2,1-2H3. The van der Waals surface area contributed by atoms with Crippen LogP contribution in [0.2, 0.25) is 0 Å². The van der Waals surface area contributed by atoms with E-state index in [1.807, 2.05) is 12.4 Å². The van der Waals surface area contributed by atoms with Gasteiger partial charge in [-0.2, -0.15) is 0 Å². The van der Waals surface area contributed by atoms with Gasteiger partial charge in [-0.05, 0) is 25.3 Å². The van der Waals surface area contributed by atoms with E-state index in [-0.39, 0.29) is 6.61 Å². The van der Waals surface area contributed by atoms with Crippen LogP contribution in [0.15, 0.2) is 12.4 Å². The minimum Gasteiger partial charge on any atom is -0.396 e. The molecule has 1 N–H and O–H groups in total. The van der Waals surface area contributed by atoms with E-state index in [0.29, 0.717) is 6.04 Å². The maximum absolute atomic E-state index is 9.01. The lowest BCUT2D eigenvalue weighted by Crippen LogP contribution is -2.50. The van der Waals surface area contributed by atoms with E-state index in [2.05, 4.69) is 33.6 Å². The smallest absolute Gasteiger partial charge is 0.225 e. The molecule has 0 saturated carbocycles. The number of aryl methyl sites for hydroxylation is 1. The molecule has 5 nitrogen and oxygen atoms in total. The fraction of sp³-hybridized carbons (Fsp3) is 0.733. The van der Waals surface area contributed by atoms with Gasteiger partial charge in [0.1, 0.15) is 0 Å². The Hall–Kier alpha value is -1.20. The molecule has 5 heteroatoms. The molecular formula is C15H26N4O. The highest BCUT2D eigenvalue weighted by Gasteiger charge is 2.22. The summed E-state index contributed by atoms with van der Waals surface area (Å²) in [7, 11) is 0. The van der Waals surface area contributed by atoms with Crippen molar-refractivity contribution >= 4 is 5.95 Å². The van der Waals surface area contributed by atoms with Gasteiger partial charge in [0, 0.05) is 51.2 Å². The average molecular weight is 278 g/mol. The maximum atomic E-state index is 9.01. The number of hydrogen-bond acceptors (Lipinski definition) is 5. The minimum absolute atomic E-state index is 0.267. The number of aliphatic hydroxyl groups is 1. The van der Waals surface area contributed by atoms with Crippen LogP contribution in [0.25, 0.3) is 0 Å². The molecule has 0 spiro atoms. The molecule has 1 fully saturated rings. The number of anilines is 1. The lowest BCUT2D eigenvalue weighted by Gasteiger charge is -2.37. The first-order valence-corrected chi connectivity index (χ1v) is 7.65. The highest BCUT2D eigenvalue weighted by Crippen LogP contribution is 2.14. The van der Waals surface area contributed by atoms with Crippen molar-refractivity contribution < 1.29 is 5.11 Å². The lowest BCUT2D eigenvalue weighted by atomic mass is 10.2. The summed E-state index contributed by atoms with van der Waals surface area (Å²) in [6.07, 6.45) is 6.93. The van der Waals surface area contributed by atoms with E-state index in [4.69, 9.17) is 5.11 Å². The fourth-order valence-electron chi connectivity index (χ4n) is 2.66. The number of rotatable bonds is 6. The molecule has 1 aromatic rings. The topological polar surface area (TPSA) is 52.5 Å². The van der Waals surface area contributed by atoms with Crippen molar-refractivity contribution in [2.75, 3.05) is 37.7 Å². The first kappa shape index (κ1) is 15.2. The second kappa shape index (κ2) is 7.55. The van der Waals surface area contributed by atoms with Crippen LogP contribution in [0.3, 0.4) is 0 Å². The van der Waals surface area contributed by atoms with Gasteiger partial charge in [0.15, 0.2) is 0 Å². The minimum atomic E-state index is 0.267. The van der Waals surface area contributed by atoms with Crippen LogP contribution >= 0.6 is 0 Å². The first-order valence-electron chi connectivity index (χ1n) is 7.65. The Morgan fingerprint density at radius 2 is 1.85 bits per heavy atom. The molecule has 0 amide bonds. The zero-order valence-electron chi connectivity index (χ0n) is 12.6. The third-order valence-corrected chi connectivity index (χ3v) is 4.00. The second-order valence-corrected chi connectivity index (χ2v) is 5.53. The van der Waals surface area contributed by atoms with Crippen molar-refractivity contribution in [1.82, 2.24) is 14.9 Å². The lowest BCUT2D eigenvalue weighted by molar-refractivity contribution is 0.159. The summed E-state index contributed by atoms with van der Waals surface area (Å²) in [5, 5.41) is 9.01. The first-order chi connectivity index (χ1) is 9.74. The monoisotopic (exact) mass is 278 g/mol. The van der Waals surface area contributed by atoms with Gasteiger partial charge in [0.2, 0.25) is 5.95 Å². The summed E-state index contributed by atoms with van der Waals surface area (Å²) in [6.45, 7) is 8.57. The van der Waals surface area contributed by atoms with Crippen molar-refractivity contribution in [3.8, 4) is 0 Å². The molecule has 1 aliphatic rings. The van der Waals surface area contributed by atoms with Crippen LogP contribution in [-0.4, -0.2) is 58.8 Å². The normalized spacial score (nSPS) is 18.2. The van der Waals surface area contributed by atoms with E-state index in [1.54, 1.807) is 0 Å². The Kier molecular flexibility index (Phi) is 5.73. The Morgan fingerprint density at radius 3 is 2.40 bits per heavy atom. The Balaban J connectivity index is 1.86. The van der Waals surface area contributed by atoms with Crippen LogP contribution in [-0.2, 0) is 6.42 Å². The van der Waals surface area contributed by atoms with E-state index in [9.17, 15) is 0 Å². The van der Waals surface area contributed by atoms with Gasteiger partial charge >= 0.3 is 0 Å². The Morgan fingerprint density at radius 1 is 1.20 bits per heavy atom. The molecule has 1 saturated heterocycles. The highest BCUT2D eigenvalue weighted by molar-refractivity contribution is 5.30. The van der Waals surface area contributed by atoms with Crippen molar-refractivity contribution in [3.63, 3.8) is 0 Å². The van der Waals surface area contributed by atoms with Gasteiger partial charge in [-0.3, -0.25) is 4.90 Å². The van der Waals surface area contributed by atoms with Crippen LogP contribution in [0.4, 0.5) is 5.95 Å². The van der Waals surface area contributed by atoms with Crippen LogP contribution in [0.5, 0.6) is 0 Å². The molecule has 1 atom stereocenters. The van der Waals surface area contributed by atoms with Crippen LogP contribution in [0.1, 0.15) is 32.3 Å². The Labute approximate surface area is 121 Å². The van der Waals surface area contributed by atoms with E-state index in [1.165, 1.54) is 5.56 Å². The SMILES string of the molecule is CCCc1cnc(N2CCN(C(C)CCO)CC2)nc1. The van der Waals surface area contributed by atoms with Crippen molar-refractivity contribution in [2.24, 2.45) is 0 Å². The van der Waals surface area contributed by atoms with Gasteiger partial charge in [-0.25, -0.2) is 9.97 Å². The molecule has 2 heterocycles. The molecule has 0 aliphatic carbocycles. The fourth-order valence-corrected chi connectivity index (χ4v) is 2.66. The van der Waals surface area contributed by atoms with Gasteiger partial charge in [0.05, 0.1) is 0 Å². The van der Waals surface area contributed by atoms with Gasteiger partial charge < -0.3 is 10.0 Å². The number of aromatic nitrogens is 2. The van der Waals surface area contributed by atoms with Gasteiger partial charge in [0.25, 0.3) is 0 Å². The summed E-state index contributed by atoms with van der Waals surface area (Å²) in [5.41, 5.74) is 1.21. The van der Waals surface area contributed by atoms with Gasteiger partial charge in [-0.1, -0.05) is 13.3 Å². The molecule has 1 unspecified atom stereocenters. The van der Waals surface area contributed by atoms with E-state index >= 15 is 0 Å². The largest absolute Gasteiger partial charge is 0.396 e. The summed E-state index contributed by atoms with van der Waals surface area (Å²) in [6, 6.07) is 0.454. The molecule has 2 rings (SSSR count). The molecule has 1 aliphatic heterocycles. The third-order valence-electron chi connectivity index (χ3n) is 4.00. The van der Waals surface area contributed by atoms with Crippen molar-refractivity contribution in [2.45, 2.75) is 39.2 Å². The maximum Gasteiger partial charge on any atom is 0.225 e. The second-order valence-electron chi connectivity index (χ2n) is 5.53. The molecular weight excluding hydrogens is 252 g/mol. The van der Waals surface area contributed by atoms with E-state index < -0.39 is 0 Å². The van der Waals surface area contributed by atoms with Crippen molar-refractivity contribution in [1.29, 1.82) is 0 Å². The molecule has 1 aromatic heterocycles. The zero-order valence-corrected chi connectivity index (χ0v) is 12.6. The number of piperazine rings is 1. The van der Waals surface area contributed by atoms with Crippen LogP contribution in [0, 0.1) is 0 Å². The van der Waals surface area contributed by atoms with Gasteiger partial charge in [-0.15, -0.1) is 0 Å².